The molecule has 5 nitrogen and oxygen atoms in total. The maximum atomic E-state index is 10.8. The lowest BCUT2D eigenvalue weighted by Crippen LogP contribution is -2.36. The zero-order valence-corrected chi connectivity index (χ0v) is 13.6. The fourth-order valence-electron chi connectivity index (χ4n) is 2.95. The zero-order valence-electron chi connectivity index (χ0n) is 12.8. The molecule has 2 rings (SSSR count). The molecular weight excluding hydrogens is 298 g/mol. The van der Waals surface area contributed by atoms with E-state index >= 15 is 0 Å². The molecule has 1 aliphatic heterocycles. The smallest absolute Gasteiger partial charge is 0.302 e. The molecule has 0 aromatic carbocycles. The van der Waals surface area contributed by atoms with Crippen molar-refractivity contribution in [3.63, 3.8) is 0 Å². The highest BCUT2D eigenvalue weighted by atomic mass is 32.1. The summed E-state index contributed by atoms with van der Waals surface area (Å²) in [5.41, 5.74) is 1.48. The number of aromatic amines is 1. The third-order valence-electron chi connectivity index (χ3n) is 3.97. The number of nitrogens with zero attached hydrogens (tertiary/aromatic N) is 2. The highest BCUT2D eigenvalue weighted by Gasteiger charge is 2.22. The second-order valence-electron chi connectivity index (χ2n) is 5.62. The molecule has 1 atom stereocenters. The number of aromatic nitrogens is 1. The van der Waals surface area contributed by atoms with E-state index in [4.69, 9.17) is 17.0 Å². The average Bonchev–Trinajstić information content (AvgIpc) is 2.51. The molecule has 0 saturated carbocycles. The standard InChI is InChI=1S/C16H21N3O2S/c1-12(20)21-9-3-5-13-4-2-8-19(11-13)15-6-7-18-16(22)14(15)10-17/h6-7,13H,2-5,8-9,11H2,1H3,(H,18,22). The maximum absolute atomic E-state index is 10.8. The van der Waals surface area contributed by atoms with Gasteiger partial charge >= 0.3 is 5.97 Å². The van der Waals surface area contributed by atoms with Gasteiger partial charge in [0.25, 0.3) is 0 Å². The summed E-state index contributed by atoms with van der Waals surface area (Å²) >= 11 is 5.19. The monoisotopic (exact) mass is 319 g/mol. The molecule has 0 aliphatic carbocycles. The molecule has 1 aromatic heterocycles. The van der Waals surface area contributed by atoms with Crippen molar-refractivity contribution in [3.8, 4) is 6.07 Å². The zero-order chi connectivity index (χ0) is 15.9. The molecule has 118 valence electrons. The average molecular weight is 319 g/mol. The van der Waals surface area contributed by atoms with Crippen LogP contribution in [0.5, 0.6) is 0 Å². The maximum Gasteiger partial charge on any atom is 0.302 e. The molecule has 0 bridgehead atoms. The molecule has 1 N–H and O–H groups in total. The van der Waals surface area contributed by atoms with Gasteiger partial charge in [-0.2, -0.15) is 5.26 Å². The van der Waals surface area contributed by atoms with Crippen molar-refractivity contribution in [1.29, 1.82) is 5.26 Å². The fraction of sp³-hybridized carbons (Fsp3) is 0.562. The topological polar surface area (TPSA) is 69.1 Å². The number of anilines is 1. The Labute approximate surface area is 135 Å². The van der Waals surface area contributed by atoms with Crippen LogP contribution in [-0.2, 0) is 9.53 Å². The molecule has 0 radical (unpaired) electrons. The SMILES string of the molecule is CC(=O)OCCCC1CCCN(c2cc[nH]c(=S)c2C#N)C1. The van der Waals surface area contributed by atoms with Crippen molar-refractivity contribution >= 4 is 23.9 Å². The van der Waals surface area contributed by atoms with Crippen molar-refractivity contribution in [3.05, 3.63) is 22.5 Å². The van der Waals surface area contributed by atoms with E-state index in [1.54, 1.807) is 6.20 Å². The van der Waals surface area contributed by atoms with Gasteiger partial charge in [-0.3, -0.25) is 4.79 Å². The summed E-state index contributed by atoms with van der Waals surface area (Å²) in [5.74, 6) is 0.344. The van der Waals surface area contributed by atoms with E-state index in [1.807, 2.05) is 6.07 Å². The molecule has 2 heterocycles. The second kappa shape index (κ2) is 7.95. The number of nitriles is 1. The molecular formula is C16H21N3O2S. The molecule has 0 amide bonds. The van der Waals surface area contributed by atoms with E-state index in [0.717, 1.165) is 38.0 Å². The van der Waals surface area contributed by atoms with Crippen LogP contribution in [0, 0.1) is 21.9 Å². The first kappa shape index (κ1) is 16.5. The van der Waals surface area contributed by atoms with Crippen LogP contribution >= 0.6 is 12.2 Å². The van der Waals surface area contributed by atoms with Crippen molar-refractivity contribution in [1.82, 2.24) is 4.98 Å². The number of hydrogen-bond donors (Lipinski definition) is 1. The van der Waals surface area contributed by atoms with Gasteiger partial charge in [0, 0.05) is 26.2 Å². The summed E-state index contributed by atoms with van der Waals surface area (Å²) in [6.07, 6.45) is 6.00. The van der Waals surface area contributed by atoms with Crippen molar-refractivity contribution in [2.24, 2.45) is 5.92 Å². The minimum atomic E-state index is -0.220. The number of nitrogens with one attached hydrogen (secondary N) is 1. The summed E-state index contributed by atoms with van der Waals surface area (Å²) in [6.45, 7) is 3.80. The van der Waals surface area contributed by atoms with E-state index in [-0.39, 0.29) is 5.97 Å². The number of ether oxygens (including phenoxy) is 1. The largest absolute Gasteiger partial charge is 0.466 e. The number of carbonyl (C=O) groups excluding carboxylic acids is 1. The van der Waals surface area contributed by atoms with Crippen LogP contribution in [0.25, 0.3) is 0 Å². The number of esters is 1. The second-order valence-corrected chi connectivity index (χ2v) is 6.02. The lowest BCUT2D eigenvalue weighted by Gasteiger charge is -2.34. The third kappa shape index (κ3) is 4.31. The lowest BCUT2D eigenvalue weighted by atomic mass is 9.93. The first-order valence-corrected chi connectivity index (χ1v) is 8.02. The van der Waals surface area contributed by atoms with E-state index < -0.39 is 0 Å². The van der Waals surface area contributed by atoms with E-state index in [9.17, 15) is 10.1 Å². The van der Waals surface area contributed by atoms with Crippen LogP contribution in [0.4, 0.5) is 5.69 Å². The Bertz CT molecular complexity index is 621. The van der Waals surface area contributed by atoms with Gasteiger partial charge in [-0.1, -0.05) is 12.2 Å². The minimum absolute atomic E-state index is 0.220. The number of hydrogen-bond acceptors (Lipinski definition) is 5. The Kier molecular flexibility index (Phi) is 5.96. The van der Waals surface area contributed by atoms with Crippen LogP contribution in [0.1, 0.15) is 38.2 Å². The van der Waals surface area contributed by atoms with Gasteiger partial charge in [0.05, 0.1) is 12.3 Å². The highest BCUT2D eigenvalue weighted by Crippen LogP contribution is 2.28. The van der Waals surface area contributed by atoms with Crippen LogP contribution in [0.3, 0.4) is 0 Å². The lowest BCUT2D eigenvalue weighted by molar-refractivity contribution is -0.141. The Morgan fingerprint density at radius 2 is 2.45 bits per heavy atom. The van der Waals surface area contributed by atoms with Crippen LogP contribution in [-0.4, -0.2) is 30.6 Å². The molecule has 0 spiro atoms. The Morgan fingerprint density at radius 1 is 1.64 bits per heavy atom. The Balaban J connectivity index is 1.96. The molecule has 22 heavy (non-hydrogen) atoms. The van der Waals surface area contributed by atoms with Gasteiger partial charge in [0.1, 0.15) is 16.3 Å². The first-order chi connectivity index (χ1) is 10.6. The first-order valence-electron chi connectivity index (χ1n) is 7.62. The van der Waals surface area contributed by atoms with Crippen LogP contribution in [0.15, 0.2) is 12.3 Å². The predicted octanol–water partition coefficient (Wildman–Crippen LogP) is 3.18. The van der Waals surface area contributed by atoms with Gasteiger partial charge in [0.15, 0.2) is 0 Å². The molecule has 1 unspecified atom stereocenters. The summed E-state index contributed by atoms with van der Waals surface area (Å²) in [6, 6.07) is 4.13. The number of H-pyrrole nitrogens is 1. The molecule has 1 fully saturated rings. The summed E-state index contributed by atoms with van der Waals surface area (Å²) in [4.78, 5) is 15.9. The number of rotatable bonds is 5. The normalized spacial score (nSPS) is 17.8. The predicted molar refractivity (Wildman–Crippen MR) is 87.1 cm³/mol. The van der Waals surface area contributed by atoms with Crippen LogP contribution < -0.4 is 4.90 Å². The fourth-order valence-corrected chi connectivity index (χ4v) is 3.17. The Morgan fingerprint density at radius 3 is 3.18 bits per heavy atom. The number of pyridine rings is 1. The van der Waals surface area contributed by atoms with Gasteiger partial charge in [-0.15, -0.1) is 0 Å². The van der Waals surface area contributed by atoms with E-state index in [2.05, 4.69) is 16.0 Å². The quantitative estimate of drug-likeness (QED) is 0.513. The summed E-state index contributed by atoms with van der Waals surface area (Å²) < 4.78 is 5.48. The number of carbonyl (C=O) groups is 1. The third-order valence-corrected chi connectivity index (χ3v) is 4.29. The van der Waals surface area contributed by atoms with Gasteiger partial charge in [0.2, 0.25) is 0 Å². The summed E-state index contributed by atoms with van der Waals surface area (Å²) in [7, 11) is 0. The Hall–Kier alpha value is -1.87. The minimum Gasteiger partial charge on any atom is -0.466 e. The van der Waals surface area contributed by atoms with Crippen molar-refractivity contribution < 1.29 is 9.53 Å². The highest BCUT2D eigenvalue weighted by molar-refractivity contribution is 7.71. The molecule has 6 heteroatoms. The van der Waals surface area contributed by atoms with Crippen LogP contribution in [0.2, 0.25) is 0 Å². The van der Waals surface area contributed by atoms with Gasteiger partial charge < -0.3 is 14.6 Å². The number of piperidine rings is 1. The van der Waals surface area contributed by atoms with Gasteiger partial charge in [-0.25, -0.2) is 0 Å². The van der Waals surface area contributed by atoms with E-state index in [0.29, 0.717) is 22.7 Å². The van der Waals surface area contributed by atoms with Gasteiger partial charge in [-0.05, 0) is 37.7 Å². The molecule has 1 aromatic rings. The van der Waals surface area contributed by atoms with Crippen molar-refractivity contribution in [2.75, 3.05) is 24.6 Å². The van der Waals surface area contributed by atoms with E-state index in [1.165, 1.54) is 13.3 Å². The van der Waals surface area contributed by atoms with Crippen molar-refractivity contribution in [2.45, 2.75) is 32.6 Å². The molecule has 1 saturated heterocycles. The summed E-state index contributed by atoms with van der Waals surface area (Å²) in [5, 5.41) is 9.31. The molecule has 1 aliphatic rings.